The summed E-state index contributed by atoms with van der Waals surface area (Å²) in [6.07, 6.45) is 0.231. The van der Waals surface area contributed by atoms with Crippen molar-refractivity contribution < 1.29 is 27.9 Å². The third kappa shape index (κ3) is 7.90. The predicted octanol–water partition coefficient (Wildman–Crippen LogP) is 3.63. The molecule has 13 heteroatoms. The Labute approximate surface area is 239 Å². The number of rotatable bonds is 5. The molecule has 1 aromatic carbocycles. The SMILES string of the molecule is CCN1CCN(Cc2ccc(C(=O)Nc3cc(C#Cc4ccc5nccn5n4)ccn3)cc2C(F)(F)F)CC1.O=CO. The summed E-state index contributed by atoms with van der Waals surface area (Å²) in [6.45, 7) is 5.98. The van der Waals surface area contributed by atoms with E-state index in [1.165, 1.54) is 18.3 Å². The molecule has 0 aliphatic carbocycles. The number of carboxylic acid groups (broad SMARTS) is 1. The van der Waals surface area contributed by atoms with Crippen molar-refractivity contribution in [1.29, 1.82) is 0 Å². The van der Waals surface area contributed by atoms with Crippen molar-refractivity contribution in [2.45, 2.75) is 19.6 Å². The molecule has 0 spiro atoms. The Kier molecular flexibility index (Phi) is 9.85. The fourth-order valence-corrected chi connectivity index (χ4v) is 4.41. The number of hydrogen-bond donors (Lipinski definition) is 2. The van der Waals surface area contributed by atoms with E-state index in [2.05, 4.69) is 44.0 Å². The van der Waals surface area contributed by atoms with Crippen LogP contribution in [0.4, 0.5) is 19.0 Å². The van der Waals surface area contributed by atoms with Crippen molar-refractivity contribution >= 4 is 23.8 Å². The maximum Gasteiger partial charge on any atom is 0.416 e. The zero-order chi connectivity index (χ0) is 30.1. The first-order valence-corrected chi connectivity index (χ1v) is 13.0. The molecule has 42 heavy (non-hydrogen) atoms. The van der Waals surface area contributed by atoms with E-state index in [4.69, 9.17) is 9.90 Å². The summed E-state index contributed by atoms with van der Waals surface area (Å²) in [6, 6.07) is 10.5. The van der Waals surface area contributed by atoms with Gasteiger partial charge in [0, 0.05) is 62.4 Å². The molecular formula is C29H28F3N7O3. The Hall–Kier alpha value is -4.80. The number of benzene rings is 1. The average molecular weight is 580 g/mol. The number of aromatic nitrogens is 4. The lowest BCUT2D eigenvalue weighted by atomic mass is 10.0. The van der Waals surface area contributed by atoms with Crippen molar-refractivity contribution in [3.63, 3.8) is 0 Å². The second-order valence-electron chi connectivity index (χ2n) is 9.27. The highest BCUT2D eigenvalue weighted by Gasteiger charge is 2.34. The molecule has 4 heterocycles. The Morgan fingerprint density at radius 3 is 2.48 bits per heavy atom. The molecule has 0 radical (unpaired) electrons. The van der Waals surface area contributed by atoms with Crippen LogP contribution in [0, 0.1) is 11.8 Å². The van der Waals surface area contributed by atoms with Crippen LogP contribution in [0.2, 0.25) is 0 Å². The summed E-state index contributed by atoms with van der Waals surface area (Å²) in [5, 5.41) is 13.8. The zero-order valence-electron chi connectivity index (χ0n) is 22.7. The van der Waals surface area contributed by atoms with Gasteiger partial charge >= 0.3 is 6.18 Å². The Bertz CT molecular complexity index is 1600. The average Bonchev–Trinajstić information content (AvgIpc) is 3.45. The number of piperazine rings is 1. The first-order valence-electron chi connectivity index (χ1n) is 13.0. The number of imidazole rings is 1. The lowest BCUT2D eigenvalue weighted by Gasteiger charge is -2.34. The van der Waals surface area contributed by atoms with Crippen LogP contribution in [0.15, 0.2) is 61.1 Å². The van der Waals surface area contributed by atoms with Crippen molar-refractivity contribution in [1.82, 2.24) is 29.4 Å². The Balaban J connectivity index is 0.00000129. The van der Waals surface area contributed by atoms with Gasteiger partial charge in [0.25, 0.3) is 12.4 Å². The molecule has 218 valence electrons. The largest absolute Gasteiger partial charge is 0.483 e. The molecule has 5 rings (SSSR count). The number of nitrogens with one attached hydrogen (secondary N) is 1. The van der Waals surface area contributed by atoms with Crippen molar-refractivity contribution in [3.05, 3.63) is 89.0 Å². The van der Waals surface area contributed by atoms with Gasteiger partial charge in [-0.25, -0.2) is 14.5 Å². The molecule has 10 nitrogen and oxygen atoms in total. The summed E-state index contributed by atoms with van der Waals surface area (Å²) in [4.78, 5) is 33.7. The van der Waals surface area contributed by atoms with Crippen LogP contribution >= 0.6 is 0 Å². The highest BCUT2D eigenvalue weighted by atomic mass is 19.4. The maximum absolute atomic E-state index is 13.9. The number of carbonyl (C=O) groups excluding carboxylic acids is 1. The van der Waals surface area contributed by atoms with Gasteiger partial charge in [-0.2, -0.15) is 18.3 Å². The van der Waals surface area contributed by atoms with Gasteiger partial charge < -0.3 is 15.3 Å². The molecule has 4 aromatic rings. The lowest BCUT2D eigenvalue weighted by molar-refractivity contribution is -0.138. The Morgan fingerprint density at radius 2 is 1.76 bits per heavy atom. The number of fused-ring (bicyclic) bond motifs is 1. The Morgan fingerprint density at radius 1 is 1.02 bits per heavy atom. The number of likely N-dealkylation sites (N-methyl/N-ethyl adjacent to an activating group) is 1. The van der Waals surface area contributed by atoms with Crippen molar-refractivity contribution in [2.24, 2.45) is 0 Å². The van der Waals surface area contributed by atoms with E-state index in [0.717, 1.165) is 25.7 Å². The van der Waals surface area contributed by atoms with Crippen LogP contribution in [0.25, 0.3) is 5.65 Å². The highest BCUT2D eigenvalue weighted by Crippen LogP contribution is 2.33. The highest BCUT2D eigenvalue weighted by molar-refractivity contribution is 6.04. The van der Waals surface area contributed by atoms with E-state index in [1.54, 1.807) is 41.2 Å². The van der Waals surface area contributed by atoms with Gasteiger partial charge in [0.05, 0.1) is 5.56 Å². The topological polar surface area (TPSA) is 116 Å². The second kappa shape index (κ2) is 13.7. The van der Waals surface area contributed by atoms with Gasteiger partial charge in [-0.1, -0.05) is 18.9 Å². The number of anilines is 1. The molecular weight excluding hydrogens is 551 g/mol. The molecule has 0 atom stereocenters. The second-order valence-corrected chi connectivity index (χ2v) is 9.27. The molecule has 1 fully saturated rings. The van der Waals surface area contributed by atoms with Gasteiger partial charge in [0.2, 0.25) is 0 Å². The van der Waals surface area contributed by atoms with E-state index >= 15 is 0 Å². The number of hydrogen-bond acceptors (Lipinski definition) is 7. The minimum absolute atomic E-state index is 0.0991. The number of halogens is 3. The first-order chi connectivity index (χ1) is 20.2. The smallest absolute Gasteiger partial charge is 0.416 e. The van der Waals surface area contributed by atoms with Gasteiger partial charge in [-0.05, 0) is 54.4 Å². The monoisotopic (exact) mass is 579 g/mol. The summed E-state index contributed by atoms with van der Waals surface area (Å²) in [5.41, 5.74) is 1.03. The number of amides is 1. The molecule has 0 saturated carbocycles. The summed E-state index contributed by atoms with van der Waals surface area (Å²) in [7, 11) is 0. The molecule has 1 aliphatic heterocycles. The van der Waals surface area contributed by atoms with Gasteiger partial charge in [-0.15, -0.1) is 0 Å². The first kappa shape index (κ1) is 30.2. The number of pyridine rings is 1. The molecule has 1 amide bonds. The van der Waals surface area contributed by atoms with Crippen molar-refractivity contribution in [3.8, 4) is 11.8 Å². The van der Waals surface area contributed by atoms with E-state index < -0.39 is 17.6 Å². The number of alkyl halides is 3. The third-order valence-electron chi connectivity index (χ3n) is 6.58. The number of carbonyl (C=O) groups is 2. The van der Waals surface area contributed by atoms with E-state index in [0.29, 0.717) is 30.0 Å². The molecule has 2 N–H and O–H groups in total. The molecule has 1 aliphatic rings. The van der Waals surface area contributed by atoms with Gasteiger partial charge in [0.1, 0.15) is 11.5 Å². The minimum Gasteiger partial charge on any atom is -0.483 e. The van der Waals surface area contributed by atoms with Crippen LogP contribution in [-0.4, -0.2) is 79.6 Å². The van der Waals surface area contributed by atoms with Crippen molar-refractivity contribution in [2.75, 3.05) is 38.0 Å². The number of nitrogens with zero attached hydrogens (tertiary/aromatic N) is 6. The van der Waals surface area contributed by atoms with Crippen LogP contribution in [0.5, 0.6) is 0 Å². The van der Waals surface area contributed by atoms with Crippen LogP contribution in [-0.2, 0) is 17.5 Å². The standard InChI is InChI=1S/C28H26F3N7O.CH2O2/c1-2-36-13-15-37(16-14-36)19-22-5-4-21(18-24(22)28(29,30)31)27(39)34-25-17-20(9-10-32-25)3-6-23-7-8-26-33-11-12-38(26)35-23;2-1-3/h4-5,7-12,17-18H,2,13-16,19H2,1H3,(H,32,34,39);1H,(H,2,3). The zero-order valence-corrected chi connectivity index (χ0v) is 22.7. The van der Waals surface area contributed by atoms with E-state index in [9.17, 15) is 18.0 Å². The maximum atomic E-state index is 13.9. The normalized spacial score (nSPS) is 13.9. The molecule has 3 aromatic heterocycles. The minimum atomic E-state index is -4.58. The lowest BCUT2D eigenvalue weighted by Crippen LogP contribution is -2.45. The molecule has 0 unspecified atom stereocenters. The van der Waals surface area contributed by atoms with Crippen LogP contribution < -0.4 is 5.32 Å². The van der Waals surface area contributed by atoms with E-state index in [1.807, 2.05) is 4.90 Å². The van der Waals surface area contributed by atoms with Gasteiger partial charge in [-0.3, -0.25) is 14.5 Å². The molecule has 0 bridgehead atoms. The van der Waals surface area contributed by atoms with E-state index in [-0.39, 0.29) is 30.0 Å². The summed E-state index contributed by atoms with van der Waals surface area (Å²) >= 11 is 0. The third-order valence-corrected chi connectivity index (χ3v) is 6.58. The van der Waals surface area contributed by atoms with Crippen LogP contribution in [0.3, 0.4) is 0 Å². The fourth-order valence-electron chi connectivity index (χ4n) is 4.41. The molecule has 1 saturated heterocycles. The summed E-state index contributed by atoms with van der Waals surface area (Å²) < 4.78 is 43.4. The predicted molar refractivity (Wildman–Crippen MR) is 149 cm³/mol. The summed E-state index contributed by atoms with van der Waals surface area (Å²) in [5.74, 6) is 5.39. The fraction of sp³-hybridized carbons (Fsp3) is 0.276. The van der Waals surface area contributed by atoms with Crippen LogP contribution in [0.1, 0.15) is 39.7 Å². The quantitative estimate of drug-likeness (QED) is 0.272. The van der Waals surface area contributed by atoms with Gasteiger partial charge in [0.15, 0.2) is 5.65 Å².